The van der Waals surface area contributed by atoms with Crippen LogP contribution >= 0.6 is 0 Å². The van der Waals surface area contributed by atoms with Gasteiger partial charge in [-0.3, -0.25) is 38.8 Å². The minimum Gasteiger partial charge on any atom is -0.461 e. The molecule has 2 aliphatic rings. The van der Waals surface area contributed by atoms with E-state index in [2.05, 4.69) is 36.1 Å². The Hall–Kier alpha value is -5.18. The van der Waals surface area contributed by atoms with Crippen molar-refractivity contribution in [1.82, 2.24) is 36.1 Å². The van der Waals surface area contributed by atoms with Crippen molar-refractivity contribution in [3.8, 4) is 0 Å². The van der Waals surface area contributed by atoms with Crippen LogP contribution < -0.4 is 21.3 Å². The van der Waals surface area contributed by atoms with Crippen molar-refractivity contribution < 1.29 is 33.8 Å². The number of pyridine rings is 1. The number of fused-ring (bicyclic) bond motifs is 1. The molecule has 5 atom stereocenters. The van der Waals surface area contributed by atoms with Crippen molar-refractivity contribution in [2.45, 2.75) is 121 Å². The number of ether oxygens (including phenoxy) is 1. The lowest BCUT2D eigenvalue weighted by atomic mass is 9.91. The van der Waals surface area contributed by atoms with E-state index in [0.717, 1.165) is 22.3 Å². The molecule has 336 valence electrons. The maximum atomic E-state index is 14.4. The number of piperazine rings is 1. The van der Waals surface area contributed by atoms with E-state index in [4.69, 9.17) is 4.74 Å². The lowest BCUT2D eigenvalue weighted by Crippen LogP contribution is -2.62. The molecule has 1 aliphatic carbocycles. The fourth-order valence-corrected chi connectivity index (χ4v) is 8.30. The molecule has 2 aromatic carbocycles. The number of hydrogen-bond donors (Lipinski definition) is 5. The number of nitrogens with one attached hydrogen (secondary N) is 4. The van der Waals surface area contributed by atoms with Crippen molar-refractivity contribution in [3.05, 3.63) is 101 Å². The number of esters is 1. The van der Waals surface area contributed by atoms with Crippen LogP contribution in [0.5, 0.6) is 0 Å². The monoisotopic (exact) mass is 854 g/mol. The SMILES string of the molecule is CNC(=O)CCCC(=O)NCCCCCC(=O)O[C@@H](C[C@@H](Cc1ccccc1)C(=O)N[C@H]1c2ccccc2C[C@H]1O)CN1CCN(Cc2cccnc2)C[C@H]1C(=O)NC(C)(C)C. The lowest BCUT2D eigenvalue weighted by Gasteiger charge is -2.42. The standard InChI is InChI=1S/C48H67N7O7/c1-48(2,3)53-47(61)40-33-54(31-35-17-14-23-50-30-35)25-26-55(40)32-38(62-44(59)22-9-6-12-24-51-43(58)21-13-20-42(57)49-4)28-37(27-34-15-7-5-8-16-34)46(60)52-45-39-19-11-10-18-36(39)29-41(45)56/h5,7-8,10-11,14-19,23,30,37-38,40-41,45,56H,6,9,12-13,20-22,24-29,31-33H2,1-4H3,(H,49,57)(H,51,58)(H,52,60)(H,53,61)/t37-,38+,40+,41-,45+/m1/s1. The van der Waals surface area contributed by atoms with Gasteiger partial charge in [0.1, 0.15) is 12.1 Å². The molecule has 0 radical (unpaired) electrons. The zero-order valence-corrected chi connectivity index (χ0v) is 36.9. The molecular formula is C48H67N7O7. The maximum absolute atomic E-state index is 14.4. The number of hydrogen-bond acceptors (Lipinski definition) is 10. The topological polar surface area (TPSA) is 182 Å². The largest absolute Gasteiger partial charge is 0.461 e. The zero-order chi connectivity index (χ0) is 44.5. The molecule has 5 rings (SSSR count). The quantitative estimate of drug-likeness (QED) is 0.0732. The Bertz CT molecular complexity index is 1910. The van der Waals surface area contributed by atoms with Crippen LogP contribution in [0.1, 0.15) is 100 Å². The van der Waals surface area contributed by atoms with Crippen LogP contribution in [-0.4, -0.2) is 113 Å². The predicted octanol–water partition coefficient (Wildman–Crippen LogP) is 4.01. The Balaban J connectivity index is 1.31. The highest BCUT2D eigenvalue weighted by Crippen LogP contribution is 2.32. The normalized spacial score (nSPS) is 18.8. The Labute approximate surface area is 367 Å². The summed E-state index contributed by atoms with van der Waals surface area (Å²) >= 11 is 0. The third kappa shape index (κ3) is 15.6. The summed E-state index contributed by atoms with van der Waals surface area (Å²) in [6.07, 6.45) is 6.24. The number of unbranched alkanes of at least 4 members (excludes halogenated alkanes) is 2. The van der Waals surface area contributed by atoms with E-state index in [1.54, 1.807) is 13.2 Å². The van der Waals surface area contributed by atoms with Crippen molar-refractivity contribution in [2.75, 3.05) is 39.8 Å². The molecule has 14 heteroatoms. The Morgan fingerprint density at radius 1 is 0.871 bits per heavy atom. The van der Waals surface area contributed by atoms with Gasteiger partial charge in [0, 0.05) is 95.9 Å². The summed E-state index contributed by atoms with van der Waals surface area (Å²) in [7, 11) is 1.57. The van der Waals surface area contributed by atoms with Crippen LogP contribution in [0.25, 0.3) is 0 Å². The van der Waals surface area contributed by atoms with Gasteiger partial charge in [-0.25, -0.2) is 0 Å². The number of aliphatic hydroxyl groups is 1. The van der Waals surface area contributed by atoms with Crippen LogP contribution in [0.4, 0.5) is 0 Å². The molecule has 1 aromatic heterocycles. The number of aromatic nitrogens is 1. The van der Waals surface area contributed by atoms with Crippen molar-refractivity contribution in [3.63, 3.8) is 0 Å². The number of aliphatic hydroxyl groups excluding tert-OH is 1. The molecule has 2 heterocycles. The van der Waals surface area contributed by atoms with Gasteiger partial charge < -0.3 is 31.1 Å². The van der Waals surface area contributed by atoms with E-state index >= 15 is 0 Å². The molecule has 3 aromatic rings. The summed E-state index contributed by atoms with van der Waals surface area (Å²) in [6.45, 7) is 8.86. The van der Waals surface area contributed by atoms with Gasteiger partial charge >= 0.3 is 5.97 Å². The highest BCUT2D eigenvalue weighted by Gasteiger charge is 2.38. The van der Waals surface area contributed by atoms with Crippen molar-refractivity contribution in [1.29, 1.82) is 0 Å². The first-order chi connectivity index (χ1) is 29.8. The molecule has 1 saturated heterocycles. The van der Waals surface area contributed by atoms with Gasteiger partial charge in [0.15, 0.2) is 0 Å². The number of rotatable bonds is 22. The van der Waals surface area contributed by atoms with E-state index in [1.165, 1.54) is 0 Å². The summed E-state index contributed by atoms with van der Waals surface area (Å²) in [5.74, 6) is -1.58. The lowest BCUT2D eigenvalue weighted by molar-refractivity contribution is -0.153. The van der Waals surface area contributed by atoms with Gasteiger partial charge in [-0.05, 0) is 81.2 Å². The summed E-state index contributed by atoms with van der Waals surface area (Å²) in [5.41, 5.74) is 3.42. The first kappa shape index (κ1) is 47.9. The second kappa shape index (κ2) is 23.9. The molecule has 0 spiro atoms. The Morgan fingerprint density at radius 3 is 2.35 bits per heavy atom. The van der Waals surface area contributed by atoms with Gasteiger partial charge in [-0.2, -0.15) is 0 Å². The van der Waals surface area contributed by atoms with E-state index in [0.29, 0.717) is 77.7 Å². The zero-order valence-electron chi connectivity index (χ0n) is 36.9. The summed E-state index contributed by atoms with van der Waals surface area (Å²) in [6, 6.07) is 20.3. The maximum Gasteiger partial charge on any atom is 0.306 e. The fraction of sp³-hybridized carbons (Fsp3) is 0.542. The molecular weight excluding hydrogens is 787 g/mol. The summed E-state index contributed by atoms with van der Waals surface area (Å²) < 4.78 is 6.32. The molecule has 0 unspecified atom stereocenters. The molecule has 0 bridgehead atoms. The fourth-order valence-electron chi connectivity index (χ4n) is 8.30. The average molecular weight is 854 g/mol. The molecule has 62 heavy (non-hydrogen) atoms. The first-order valence-electron chi connectivity index (χ1n) is 22.2. The van der Waals surface area contributed by atoms with Gasteiger partial charge in [-0.1, -0.05) is 67.1 Å². The number of benzene rings is 2. The molecule has 14 nitrogen and oxygen atoms in total. The van der Waals surface area contributed by atoms with Crippen LogP contribution in [0, 0.1) is 5.92 Å². The van der Waals surface area contributed by atoms with Crippen molar-refractivity contribution in [2.24, 2.45) is 5.92 Å². The van der Waals surface area contributed by atoms with Crippen molar-refractivity contribution >= 4 is 29.6 Å². The highest BCUT2D eigenvalue weighted by molar-refractivity contribution is 5.83. The third-order valence-electron chi connectivity index (χ3n) is 11.5. The number of nitrogens with zero attached hydrogens (tertiary/aromatic N) is 3. The third-order valence-corrected chi connectivity index (χ3v) is 11.5. The van der Waals surface area contributed by atoms with Crippen LogP contribution in [0.2, 0.25) is 0 Å². The minimum atomic E-state index is -0.769. The molecule has 1 fully saturated rings. The minimum absolute atomic E-state index is 0.0952. The molecule has 5 N–H and O–H groups in total. The second-order valence-corrected chi connectivity index (χ2v) is 17.7. The van der Waals surface area contributed by atoms with Crippen LogP contribution in [0.3, 0.4) is 0 Å². The highest BCUT2D eigenvalue weighted by atomic mass is 16.5. The Kier molecular flexibility index (Phi) is 18.4. The van der Waals surface area contributed by atoms with E-state index in [1.807, 2.05) is 93.7 Å². The molecule has 4 amide bonds. The predicted molar refractivity (Wildman–Crippen MR) is 237 cm³/mol. The van der Waals surface area contributed by atoms with Gasteiger partial charge in [0.05, 0.1) is 12.1 Å². The Morgan fingerprint density at radius 2 is 1.61 bits per heavy atom. The van der Waals surface area contributed by atoms with E-state index in [-0.39, 0.29) is 49.4 Å². The van der Waals surface area contributed by atoms with Crippen LogP contribution in [-0.2, 0) is 48.1 Å². The van der Waals surface area contributed by atoms with Gasteiger partial charge in [0.2, 0.25) is 23.6 Å². The summed E-state index contributed by atoms with van der Waals surface area (Å²) in [5, 5.41) is 22.9. The number of amides is 4. The molecule has 0 saturated carbocycles. The summed E-state index contributed by atoms with van der Waals surface area (Å²) in [4.78, 5) is 74.4. The number of carbonyl (C=O) groups is 5. The van der Waals surface area contributed by atoms with Gasteiger partial charge in [0.25, 0.3) is 0 Å². The smallest absolute Gasteiger partial charge is 0.306 e. The molecule has 1 aliphatic heterocycles. The van der Waals surface area contributed by atoms with Gasteiger partial charge in [-0.15, -0.1) is 0 Å². The van der Waals surface area contributed by atoms with E-state index in [9.17, 15) is 29.1 Å². The van der Waals surface area contributed by atoms with E-state index < -0.39 is 41.7 Å². The first-order valence-corrected chi connectivity index (χ1v) is 22.2. The average Bonchev–Trinajstić information content (AvgIpc) is 3.56. The van der Waals surface area contributed by atoms with Crippen LogP contribution in [0.15, 0.2) is 79.1 Å². The number of carbonyl (C=O) groups excluding carboxylic acids is 5. The second-order valence-electron chi connectivity index (χ2n) is 17.7.